The Balaban J connectivity index is 3.81. The smallest absolute Gasteiger partial charge is 0.00342 e. The summed E-state index contributed by atoms with van der Waals surface area (Å²) in [7, 11) is 0. The van der Waals surface area contributed by atoms with Crippen LogP contribution in [0.2, 0.25) is 0 Å². The Labute approximate surface area is 96.9 Å². The van der Waals surface area contributed by atoms with Crippen LogP contribution >= 0.6 is 15.9 Å². The third-order valence-electron chi connectivity index (χ3n) is 2.32. The van der Waals surface area contributed by atoms with Crippen LogP contribution in [0.15, 0.2) is 37.0 Å². The average Bonchev–Trinajstić information content (AvgIpc) is 2.20. The minimum absolute atomic E-state index is 0.591. The van der Waals surface area contributed by atoms with Gasteiger partial charge in [-0.3, -0.25) is 0 Å². The molecule has 0 saturated heterocycles. The fourth-order valence-corrected chi connectivity index (χ4v) is 1.43. The molecule has 0 aliphatic heterocycles. The quantitative estimate of drug-likeness (QED) is 0.267. The molecular weight excluding hydrogens is 236 g/mol. The van der Waals surface area contributed by atoms with Gasteiger partial charge >= 0.3 is 0 Å². The summed E-state index contributed by atoms with van der Waals surface area (Å²) in [6.07, 6.45) is 13.0. The molecule has 0 bridgehead atoms. The minimum atomic E-state index is 0.591. The number of hydrogen-bond acceptors (Lipinski definition) is 0. The maximum absolute atomic E-state index is 3.67. The van der Waals surface area contributed by atoms with Gasteiger partial charge in [0.05, 0.1) is 0 Å². The van der Waals surface area contributed by atoms with Crippen molar-refractivity contribution in [2.45, 2.75) is 26.7 Å². The second-order valence-electron chi connectivity index (χ2n) is 3.60. The summed E-state index contributed by atoms with van der Waals surface area (Å²) in [5, 5.41) is 1.09. The summed E-state index contributed by atoms with van der Waals surface area (Å²) >= 11 is 3.42. The van der Waals surface area contributed by atoms with Crippen molar-refractivity contribution in [3.8, 4) is 0 Å². The van der Waals surface area contributed by atoms with Gasteiger partial charge in [0.1, 0.15) is 0 Å². The minimum Gasteiger partial charge on any atom is -0.0991 e. The van der Waals surface area contributed by atoms with E-state index in [0.29, 0.717) is 11.8 Å². The number of alkyl halides is 1. The molecule has 0 amide bonds. The molecule has 14 heavy (non-hydrogen) atoms. The molecule has 0 rings (SSSR count). The molecule has 1 heteroatoms. The van der Waals surface area contributed by atoms with E-state index >= 15 is 0 Å². The third-order valence-corrected chi connectivity index (χ3v) is 2.88. The maximum atomic E-state index is 3.67. The molecule has 0 radical (unpaired) electrons. The monoisotopic (exact) mass is 256 g/mol. The summed E-state index contributed by atoms with van der Waals surface area (Å²) in [5.74, 6) is 1.20. The number of halogens is 1. The molecule has 0 saturated carbocycles. The molecule has 0 N–H and O–H groups in total. The van der Waals surface area contributed by atoms with Gasteiger partial charge in [-0.15, -0.1) is 0 Å². The Hall–Kier alpha value is -0.300. The zero-order valence-electron chi connectivity index (χ0n) is 9.25. The molecule has 0 aromatic heterocycles. The van der Waals surface area contributed by atoms with Crippen LogP contribution < -0.4 is 0 Å². The number of unbranched alkanes of at least 4 members (excludes halogenated alkanes) is 1. The van der Waals surface area contributed by atoms with Crippen molar-refractivity contribution in [1.29, 1.82) is 0 Å². The summed E-state index contributed by atoms with van der Waals surface area (Å²) in [6, 6.07) is 0. The van der Waals surface area contributed by atoms with E-state index in [1.807, 2.05) is 12.2 Å². The lowest BCUT2D eigenvalue weighted by molar-refractivity contribution is 0.556. The first kappa shape index (κ1) is 13.7. The molecule has 0 aromatic carbocycles. The first-order valence-corrected chi connectivity index (χ1v) is 6.36. The highest BCUT2D eigenvalue weighted by atomic mass is 79.9. The Morgan fingerprint density at radius 3 is 2.43 bits per heavy atom. The molecule has 0 spiro atoms. The van der Waals surface area contributed by atoms with Gasteiger partial charge < -0.3 is 0 Å². The van der Waals surface area contributed by atoms with Crippen LogP contribution in [0, 0.1) is 11.8 Å². The van der Waals surface area contributed by atoms with Crippen LogP contribution in [0.3, 0.4) is 0 Å². The number of rotatable bonds is 7. The van der Waals surface area contributed by atoms with Crippen molar-refractivity contribution in [1.82, 2.24) is 0 Å². The predicted octanol–water partition coefficient (Wildman–Crippen LogP) is 4.73. The van der Waals surface area contributed by atoms with Crippen LogP contribution in [0.1, 0.15) is 26.7 Å². The van der Waals surface area contributed by atoms with E-state index in [9.17, 15) is 0 Å². The third kappa shape index (κ3) is 7.14. The molecule has 80 valence electrons. The fourth-order valence-electron chi connectivity index (χ4n) is 1.11. The van der Waals surface area contributed by atoms with Gasteiger partial charge in [0, 0.05) is 5.33 Å². The van der Waals surface area contributed by atoms with Crippen molar-refractivity contribution < 1.29 is 0 Å². The molecule has 0 aliphatic rings. The highest BCUT2D eigenvalue weighted by molar-refractivity contribution is 9.09. The highest BCUT2D eigenvalue weighted by Crippen LogP contribution is 2.14. The first-order chi connectivity index (χ1) is 6.72. The normalized spacial score (nSPS) is 16.2. The largest absolute Gasteiger partial charge is 0.0991 e. The van der Waals surface area contributed by atoms with Gasteiger partial charge in [0.25, 0.3) is 0 Å². The van der Waals surface area contributed by atoms with E-state index < -0.39 is 0 Å². The molecule has 0 heterocycles. The van der Waals surface area contributed by atoms with Gasteiger partial charge in [-0.2, -0.15) is 0 Å². The number of allylic oxidation sites excluding steroid dienone is 5. The zero-order valence-corrected chi connectivity index (χ0v) is 10.8. The lowest BCUT2D eigenvalue weighted by Gasteiger charge is -2.11. The van der Waals surface area contributed by atoms with Crippen molar-refractivity contribution >= 4 is 15.9 Å². The molecule has 2 atom stereocenters. The van der Waals surface area contributed by atoms with E-state index in [-0.39, 0.29) is 0 Å². The molecule has 0 aromatic rings. The summed E-state index contributed by atoms with van der Waals surface area (Å²) in [4.78, 5) is 0. The van der Waals surface area contributed by atoms with E-state index in [0.717, 1.165) is 5.33 Å². The molecule has 0 fully saturated rings. The SMILES string of the molecule is C=C/C=C/C(C)C(C)/C=C/CCCBr. The molecular formula is C13H21Br. The van der Waals surface area contributed by atoms with Gasteiger partial charge in [-0.1, -0.05) is 66.7 Å². The second kappa shape index (κ2) is 9.26. The van der Waals surface area contributed by atoms with Crippen molar-refractivity contribution in [3.63, 3.8) is 0 Å². The molecule has 0 nitrogen and oxygen atoms in total. The van der Waals surface area contributed by atoms with E-state index in [1.54, 1.807) is 0 Å². The highest BCUT2D eigenvalue weighted by Gasteiger charge is 2.03. The Kier molecular flexibility index (Phi) is 9.06. The topological polar surface area (TPSA) is 0 Å². The van der Waals surface area contributed by atoms with Crippen molar-refractivity contribution in [2.24, 2.45) is 11.8 Å². The summed E-state index contributed by atoms with van der Waals surface area (Å²) < 4.78 is 0. The second-order valence-corrected chi connectivity index (χ2v) is 4.39. The van der Waals surface area contributed by atoms with Crippen LogP contribution in [0.5, 0.6) is 0 Å². The fraction of sp³-hybridized carbons (Fsp3) is 0.538. The predicted molar refractivity (Wildman–Crippen MR) is 69.8 cm³/mol. The first-order valence-electron chi connectivity index (χ1n) is 5.24. The molecule has 2 unspecified atom stereocenters. The van der Waals surface area contributed by atoms with Gasteiger partial charge in [-0.25, -0.2) is 0 Å². The Morgan fingerprint density at radius 2 is 1.86 bits per heavy atom. The van der Waals surface area contributed by atoms with Crippen LogP contribution in [0.4, 0.5) is 0 Å². The van der Waals surface area contributed by atoms with E-state index in [4.69, 9.17) is 0 Å². The summed E-state index contributed by atoms with van der Waals surface area (Å²) in [6.45, 7) is 8.16. The Bertz CT molecular complexity index is 191. The zero-order chi connectivity index (χ0) is 10.8. The van der Waals surface area contributed by atoms with Gasteiger partial charge in [0.15, 0.2) is 0 Å². The summed E-state index contributed by atoms with van der Waals surface area (Å²) in [5.41, 5.74) is 0. The maximum Gasteiger partial charge on any atom is 0.00342 e. The van der Waals surface area contributed by atoms with Crippen LogP contribution in [-0.4, -0.2) is 5.33 Å². The van der Waals surface area contributed by atoms with Crippen LogP contribution in [0.25, 0.3) is 0 Å². The standard InChI is InChI=1S/C13H21Br/c1-4-5-9-12(2)13(3)10-7-6-8-11-14/h4-5,7,9-10,12-13H,1,6,8,11H2,2-3H3/b9-5+,10-7+. The van der Waals surface area contributed by atoms with Crippen molar-refractivity contribution in [2.75, 3.05) is 5.33 Å². The van der Waals surface area contributed by atoms with E-state index in [1.165, 1.54) is 12.8 Å². The lowest BCUT2D eigenvalue weighted by Crippen LogP contribution is -2.01. The van der Waals surface area contributed by atoms with Crippen LogP contribution in [-0.2, 0) is 0 Å². The van der Waals surface area contributed by atoms with E-state index in [2.05, 4.69) is 54.6 Å². The van der Waals surface area contributed by atoms with Crippen molar-refractivity contribution in [3.05, 3.63) is 37.0 Å². The Morgan fingerprint density at radius 1 is 1.21 bits per heavy atom. The molecule has 0 aliphatic carbocycles. The van der Waals surface area contributed by atoms with Gasteiger partial charge in [0.2, 0.25) is 0 Å². The lowest BCUT2D eigenvalue weighted by atomic mass is 9.95. The average molecular weight is 257 g/mol. The van der Waals surface area contributed by atoms with Gasteiger partial charge in [-0.05, 0) is 24.7 Å². The number of hydrogen-bond donors (Lipinski definition) is 0.